The molecule has 1 fully saturated rings. The standard InChI is InChI=1S/C19H27N5O/c1-19(2,3)24-16(11-15(22-24)13-8-9-13)18(25)21-12-14-7-6-10-20-17(14)23(4)5/h6-7,10-11,13H,8-9,12H2,1-5H3,(H,21,25). The zero-order chi connectivity index (χ0) is 18.2. The highest BCUT2D eigenvalue weighted by atomic mass is 16.2. The Hall–Kier alpha value is -2.37. The van der Waals surface area contributed by atoms with Crippen molar-refractivity contribution < 1.29 is 4.79 Å². The van der Waals surface area contributed by atoms with E-state index in [0.717, 1.165) is 17.1 Å². The summed E-state index contributed by atoms with van der Waals surface area (Å²) in [6.07, 6.45) is 4.10. The minimum atomic E-state index is -0.233. The molecule has 2 heterocycles. The molecule has 0 atom stereocenters. The van der Waals surface area contributed by atoms with E-state index in [1.807, 2.05) is 41.9 Å². The van der Waals surface area contributed by atoms with Crippen molar-refractivity contribution in [3.63, 3.8) is 0 Å². The normalized spacial score (nSPS) is 14.4. The van der Waals surface area contributed by atoms with Crippen LogP contribution in [-0.4, -0.2) is 34.8 Å². The quantitative estimate of drug-likeness (QED) is 0.908. The smallest absolute Gasteiger partial charge is 0.269 e. The number of carbonyl (C=O) groups excluding carboxylic acids is 1. The lowest BCUT2D eigenvalue weighted by atomic mass is 10.1. The second-order valence-corrected chi connectivity index (χ2v) is 7.87. The highest BCUT2D eigenvalue weighted by Gasteiger charge is 2.31. The Morgan fingerprint density at radius 3 is 2.68 bits per heavy atom. The van der Waals surface area contributed by atoms with Gasteiger partial charge in [-0.2, -0.15) is 5.10 Å². The molecule has 1 N–H and O–H groups in total. The summed E-state index contributed by atoms with van der Waals surface area (Å²) in [4.78, 5) is 19.1. The molecule has 3 rings (SSSR count). The molecule has 6 nitrogen and oxygen atoms in total. The van der Waals surface area contributed by atoms with Crippen LogP contribution in [0.1, 0.15) is 61.3 Å². The number of nitrogens with zero attached hydrogens (tertiary/aromatic N) is 4. The molecule has 0 aromatic carbocycles. The Morgan fingerprint density at radius 1 is 1.36 bits per heavy atom. The molecule has 134 valence electrons. The van der Waals surface area contributed by atoms with Gasteiger partial charge in [-0.1, -0.05) is 6.07 Å². The van der Waals surface area contributed by atoms with Crippen LogP contribution < -0.4 is 10.2 Å². The first kappa shape index (κ1) is 17.5. The third kappa shape index (κ3) is 3.83. The van der Waals surface area contributed by atoms with Crippen LogP contribution in [0.25, 0.3) is 0 Å². The first-order valence-corrected chi connectivity index (χ1v) is 8.77. The first-order chi connectivity index (χ1) is 11.8. The van der Waals surface area contributed by atoms with Gasteiger partial charge in [0.1, 0.15) is 11.5 Å². The molecule has 0 unspecified atom stereocenters. The highest BCUT2D eigenvalue weighted by Crippen LogP contribution is 2.40. The van der Waals surface area contributed by atoms with Gasteiger partial charge >= 0.3 is 0 Å². The number of aromatic nitrogens is 3. The monoisotopic (exact) mass is 341 g/mol. The molecule has 0 radical (unpaired) electrons. The number of pyridine rings is 1. The van der Waals surface area contributed by atoms with Gasteiger partial charge in [0.15, 0.2) is 0 Å². The molecule has 1 saturated carbocycles. The van der Waals surface area contributed by atoms with Crippen molar-refractivity contribution in [3.8, 4) is 0 Å². The van der Waals surface area contributed by atoms with Crippen molar-refractivity contribution in [2.75, 3.05) is 19.0 Å². The lowest BCUT2D eigenvalue weighted by Gasteiger charge is -2.22. The van der Waals surface area contributed by atoms with Gasteiger partial charge in [-0.15, -0.1) is 0 Å². The van der Waals surface area contributed by atoms with Gasteiger partial charge in [-0.3, -0.25) is 9.48 Å². The van der Waals surface area contributed by atoms with Crippen LogP contribution >= 0.6 is 0 Å². The predicted molar refractivity (Wildman–Crippen MR) is 98.9 cm³/mol. The summed E-state index contributed by atoms with van der Waals surface area (Å²) in [6, 6.07) is 5.83. The van der Waals surface area contributed by atoms with E-state index in [1.165, 1.54) is 12.8 Å². The van der Waals surface area contributed by atoms with E-state index in [-0.39, 0.29) is 11.4 Å². The summed E-state index contributed by atoms with van der Waals surface area (Å²) >= 11 is 0. The van der Waals surface area contributed by atoms with E-state index in [4.69, 9.17) is 5.10 Å². The fourth-order valence-electron chi connectivity index (χ4n) is 2.89. The number of amides is 1. The summed E-state index contributed by atoms with van der Waals surface area (Å²) in [5, 5.41) is 7.73. The van der Waals surface area contributed by atoms with Crippen LogP contribution in [0.4, 0.5) is 5.82 Å². The number of nitrogens with one attached hydrogen (secondary N) is 1. The Labute approximate surface area is 149 Å². The predicted octanol–water partition coefficient (Wildman–Crippen LogP) is 2.91. The third-order valence-electron chi connectivity index (χ3n) is 4.32. The highest BCUT2D eigenvalue weighted by molar-refractivity contribution is 5.92. The maximum absolute atomic E-state index is 12.8. The molecule has 0 spiro atoms. The van der Waals surface area contributed by atoms with Crippen molar-refractivity contribution in [2.24, 2.45) is 0 Å². The summed E-state index contributed by atoms with van der Waals surface area (Å²) < 4.78 is 1.85. The van der Waals surface area contributed by atoms with Gasteiger partial charge in [-0.25, -0.2) is 4.98 Å². The van der Waals surface area contributed by atoms with Gasteiger partial charge in [0, 0.05) is 38.3 Å². The minimum Gasteiger partial charge on any atom is -0.362 e. The van der Waals surface area contributed by atoms with E-state index in [0.29, 0.717) is 18.2 Å². The molecule has 25 heavy (non-hydrogen) atoms. The molecule has 1 amide bonds. The summed E-state index contributed by atoms with van der Waals surface area (Å²) in [7, 11) is 3.90. The van der Waals surface area contributed by atoms with Gasteiger partial charge < -0.3 is 10.2 Å². The van der Waals surface area contributed by atoms with Gasteiger partial charge in [0.25, 0.3) is 5.91 Å². The van der Waals surface area contributed by atoms with Crippen LogP contribution in [0, 0.1) is 0 Å². The average molecular weight is 341 g/mol. The molecule has 2 aromatic rings. The van der Waals surface area contributed by atoms with E-state index in [9.17, 15) is 4.79 Å². The second-order valence-electron chi connectivity index (χ2n) is 7.87. The largest absolute Gasteiger partial charge is 0.362 e. The van der Waals surface area contributed by atoms with E-state index < -0.39 is 0 Å². The Morgan fingerprint density at radius 2 is 2.08 bits per heavy atom. The SMILES string of the molecule is CN(C)c1ncccc1CNC(=O)c1cc(C2CC2)nn1C(C)(C)C. The first-order valence-electron chi connectivity index (χ1n) is 8.77. The maximum atomic E-state index is 12.8. The van der Waals surface area contributed by atoms with Crippen molar-refractivity contribution in [1.29, 1.82) is 0 Å². The molecule has 0 saturated heterocycles. The zero-order valence-electron chi connectivity index (χ0n) is 15.7. The molecule has 2 aromatic heterocycles. The summed E-state index contributed by atoms with van der Waals surface area (Å²) in [6.45, 7) is 6.64. The number of anilines is 1. The van der Waals surface area contributed by atoms with Crippen LogP contribution in [0.15, 0.2) is 24.4 Å². The van der Waals surface area contributed by atoms with E-state index in [2.05, 4.69) is 31.1 Å². The van der Waals surface area contributed by atoms with E-state index in [1.54, 1.807) is 6.20 Å². The zero-order valence-corrected chi connectivity index (χ0v) is 15.7. The molecular formula is C19H27N5O. The number of hydrogen-bond acceptors (Lipinski definition) is 4. The fourth-order valence-corrected chi connectivity index (χ4v) is 2.89. The summed E-state index contributed by atoms with van der Waals surface area (Å²) in [5.74, 6) is 1.29. The van der Waals surface area contributed by atoms with Crippen LogP contribution in [-0.2, 0) is 12.1 Å². The number of hydrogen-bond donors (Lipinski definition) is 1. The number of rotatable bonds is 5. The minimum absolute atomic E-state index is 0.0946. The molecule has 1 aliphatic carbocycles. The third-order valence-corrected chi connectivity index (χ3v) is 4.32. The Balaban J connectivity index is 1.80. The fraction of sp³-hybridized carbons (Fsp3) is 0.526. The molecule has 1 aliphatic rings. The van der Waals surface area contributed by atoms with Crippen LogP contribution in [0.5, 0.6) is 0 Å². The van der Waals surface area contributed by atoms with Gasteiger partial charge in [0.05, 0.1) is 11.2 Å². The molecule has 6 heteroatoms. The topological polar surface area (TPSA) is 63.1 Å². The average Bonchev–Trinajstić information content (AvgIpc) is 3.29. The van der Waals surface area contributed by atoms with Crippen molar-refractivity contribution in [2.45, 2.75) is 51.6 Å². The van der Waals surface area contributed by atoms with Crippen LogP contribution in [0.3, 0.4) is 0 Å². The molecule has 0 aliphatic heterocycles. The Kier molecular flexibility index (Phi) is 4.54. The maximum Gasteiger partial charge on any atom is 0.269 e. The lowest BCUT2D eigenvalue weighted by Crippen LogP contribution is -2.32. The molecule has 0 bridgehead atoms. The van der Waals surface area contributed by atoms with Crippen molar-refractivity contribution >= 4 is 11.7 Å². The van der Waals surface area contributed by atoms with Crippen molar-refractivity contribution in [3.05, 3.63) is 41.3 Å². The van der Waals surface area contributed by atoms with Gasteiger partial charge in [0.2, 0.25) is 0 Å². The number of carbonyl (C=O) groups is 1. The van der Waals surface area contributed by atoms with Gasteiger partial charge in [-0.05, 0) is 45.7 Å². The Bertz CT molecular complexity index is 768. The molecular weight excluding hydrogens is 314 g/mol. The van der Waals surface area contributed by atoms with Crippen molar-refractivity contribution in [1.82, 2.24) is 20.1 Å². The lowest BCUT2D eigenvalue weighted by molar-refractivity contribution is 0.0932. The second kappa shape index (κ2) is 6.50. The van der Waals surface area contributed by atoms with Crippen LogP contribution in [0.2, 0.25) is 0 Å². The van der Waals surface area contributed by atoms with E-state index >= 15 is 0 Å². The summed E-state index contributed by atoms with van der Waals surface area (Å²) in [5.41, 5.74) is 2.42.